The molecular weight excluding hydrogens is 182 g/mol. The third-order valence-corrected chi connectivity index (χ3v) is 1.88. The van der Waals surface area contributed by atoms with Crippen molar-refractivity contribution in [1.82, 2.24) is 4.98 Å². The number of hydrogen-bond donors (Lipinski definition) is 0. The van der Waals surface area contributed by atoms with Crippen molar-refractivity contribution in [3.63, 3.8) is 0 Å². The van der Waals surface area contributed by atoms with Crippen molar-refractivity contribution < 1.29 is 14.2 Å². The first-order valence-electron chi connectivity index (χ1n) is 4.69. The van der Waals surface area contributed by atoms with E-state index in [0.717, 1.165) is 5.69 Å². The Morgan fingerprint density at radius 3 is 2.86 bits per heavy atom. The lowest BCUT2D eigenvalue weighted by molar-refractivity contribution is 0.0323. The van der Waals surface area contributed by atoms with Crippen molar-refractivity contribution in [2.75, 3.05) is 26.4 Å². The summed E-state index contributed by atoms with van der Waals surface area (Å²) in [7, 11) is 0. The number of aromatic nitrogens is 1. The predicted molar refractivity (Wildman–Crippen MR) is 50.2 cm³/mol. The third kappa shape index (κ3) is 2.68. The van der Waals surface area contributed by atoms with Gasteiger partial charge in [-0.25, -0.2) is 4.98 Å². The summed E-state index contributed by atoms with van der Waals surface area (Å²) >= 11 is 0. The summed E-state index contributed by atoms with van der Waals surface area (Å²) in [6, 6.07) is 5.67. The fraction of sp³-hybridized carbons (Fsp3) is 0.500. The van der Waals surface area contributed by atoms with Crippen molar-refractivity contribution in [2.45, 2.75) is 6.61 Å². The summed E-state index contributed by atoms with van der Waals surface area (Å²) in [6.45, 7) is 2.84. The van der Waals surface area contributed by atoms with Crippen LogP contribution in [0.5, 0.6) is 5.88 Å². The van der Waals surface area contributed by atoms with Gasteiger partial charge >= 0.3 is 0 Å². The van der Waals surface area contributed by atoms with Crippen molar-refractivity contribution in [1.29, 1.82) is 0 Å². The zero-order valence-corrected chi connectivity index (χ0v) is 7.94. The van der Waals surface area contributed by atoms with Crippen molar-refractivity contribution in [3.05, 3.63) is 23.9 Å². The van der Waals surface area contributed by atoms with Gasteiger partial charge in [-0.3, -0.25) is 0 Å². The standard InChI is InChI=1S/C10H13NO3/c1-2-9-8-13-5-4-12-6-7-14-10(3-1)11-9/h1-3H,4-8H2. The topological polar surface area (TPSA) is 40.6 Å². The fourth-order valence-corrected chi connectivity index (χ4v) is 1.22. The van der Waals surface area contributed by atoms with Crippen LogP contribution in [0, 0.1) is 0 Å². The quantitative estimate of drug-likeness (QED) is 0.619. The Kier molecular flexibility index (Phi) is 3.32. The average molecular weight is 195 g/mol. The van der Waals surface area contributed by atoms with Gasteiger partial charge in [-0.15, -0.1) is 0 Å². The molecule has 0 aliphatic carbocycles. The molecule has 0 radical (unpaired) electrons. The lowest BCUT2D eigenvalue weighted by Crippen LogP contribution is -2.09. The number of ether oxygens (including phenoxy) is 3. The van der Waals surface area contributed by atoms with Crippen LogP contribution in [0.2, 0.25) is 0 Å². The van der Waals surface area contributed by atoms with Gasteiger partial charge in [-0.2, -0.15) is 0 Å². The average Bonchev–Trinajstić information content (AvgIpc) is 2.25. The molecule has 1 aromatic rings. The molecule has 0 spiro atoms. The first-order chi connectivity index (χ1) is 6.95. The van der Waals surface area contributed by atoms with E-state index in [2.05, 4.69) is 4.98 Å². The summed E-state index contributed by atoms with van der Waals surface area (Å²) < 4.78 is 16.0. The molecule has 1 aromatic heterocycles. The molecular formula is C10H13NO3. The van der Waals surface area contributed by atoms with Crippen LogP contribution in [0.4, 0.5) is 0 Å². The largest absolute Gasteiger partial charge is 0.475 e. The van der Waals surface area contributed by atoms with Gasteiger partial charge in [0.25, 0.3) is 0 Å². The van der Waals surface area contributed by atoms with Crippen LogP contribution in [0.15, 0.2) is 18.2 Å². The van der Waals surface area contributed by atoms with E-state index in [-0.39, 0.29) is 0 Å². The molecule has 0 fully saturated rings. The first kappa shape index (κ1) is 9.43. The molecule has 0 amide bonds. The molecule has 0 saturated heterocycles. The molecule has 2 heterocycles. The van der Waals surface area contributed by atoms with E-state index in [9.17, 15) is 0 Å². The second kappa shape index (κ2) is 4.93. The highest BCUT2D eigenvalue weighted by molar-refractivity contribution is 5.15. The summed E-state index contributed by atoms with van der Waals surface area (Å²) in [6.07, 6.45) is 0. The molecule has 14 heavy (non-hydrogen) atoms. The summed E-state index contributed by atoms with van der Waals surface area (Å²) in [5.41, 5.74) is 0.893. The van der Waals surface area contributed by atoms with Crippen LogP contribution in [-0.4, -0.2) is 31.4 Å². The van der Waals surface area contributed by atoms with Crippen LogP contribution in [0.1, 0.15) is 5.69 Å². The van der Waals surface area contributed by atoms with E-state index in [1.165, 1.54) is 0 Å². The second-order valence-electron chi connectivity index (χ2n) is 2.98. The van der Waals surface area contributed by atoms with E-state index in [4.69, 9.17) is 14.2 Å². The molecule has 0 aromatic carbocycles. The van der Waals surface area contributed by atoms with Crippen LogP contribution in [0.25, 0.3) is 0 Å². The molecule has 0 saturated carbocycles. The molecule has 0 atom stereocenters. The van der Waals surface area contributed by atoms with Gasteiger partial charge in [0.1, 0.15) is 6.61 Å². The SMILES string of the molecule is c1cc2nc(c1)OCCOCCOC2. The molecule has 0 N–H and O–H groups in total. The zero-order chi connectivity index (χ0) is 9.64. The van der Waals surface area contributed by atoms with E-state index < -0.39 is 0 Å². The van der Waals surface area contributed by atoms with Crippen LogP contribution < -0.4 is 4.74 Å². The van der Waals surface area contributed by atoms with Gasteiger partial charge in [0.2, 0.25) is 5.88 Å². The highest BCUT2D eigenvalue weighted by Gasteiger charge is 2.01. The minimum absolute atomic E-state index is 0.514. The fourth-order valence-electron chi connectivity index (χ4n) is 1.22. The Labute approximate surface area is 82.8 Å². The normalized spacial score (nSPS) is 18.0. The molecule has 2 rings (SSSR count). The van der Waals surface area contributed by atoms with Gasteiger partial charge in [-0.1, -0.05) is 6.07 Å². The van der Waals surface area contributed by atoms with E-state index >= 15 is 0 Å². The third-order valence-electron chi connectivity index (χ3n) is 1.88. The Morgan fingerprint density at radius 2 is 1.86 bits per heavy atom. The van der Waals surface area contributed by atoms with E-state index in [0.29, 0.717) is 38.9 Å². The molecule has 76 valence electrons. The minimum Gasteiger partial charge on any atom is -0.475 e. The maximum absolute atomic E-state index is 5.39. The van der Waals surface area contributed by atoms with Crippen molar-refractivity contribution in [2.24, 2.45) is 0 Å². The van der Waals surface area contributed by atoms with Crippen molar-refractivity contribution >= 4 is 0 Å². The molecule has 2 bridgehead atoms. The lowest BCUT2D eigenvalue weighted by atomic mass is 10.4. The second-order valence-corrected chi connectivity index (χ2v) is 2.98. The zero-order valence-electron chi connectivity index (χ0n) is 7.94. The van der Waals surface area contributed by atoms with Gasteiger partial charge in [0.05, 0.1) is 32.1 Å². The number of pyridine rings is 1. The lowest BCUT2D eigenvalue weighted by Gasteiger charge is -2.04. The Hall–Kier alpha value is -1.13. The molecule has 4 heteroatoms. The smallest absolute Gasteiger partial charge is 0.213 e. The Balaban J connectivity index is 2.06. The van der Waals surface area contributed by atoms with E-state index in [1.54, 1.807) is 0 Å². The molecule has 1 aliphatic heterocycles. The molecule has 1 aliphatic rings. The summed E-state index contributed by atoms with van der Waals surface area (Å²) in [4.78, 5) is 4.27. The minimum atomic E-state index is 0.514. The first-order valence-corrected chi connectivity index (χ1v) is 4.69. The number of rotatable bonds is 0. The van der Waals surface area contributed by atoms with Gasteiger partial charge < -0.3 is 14.2 Å². The maximum Gasteiger partial charge on any atom is 0.213 e. The Morgan fingerprint density at radius 1 is 1.00 bits per heavy atom. The number of fused-ring (bicyclic) bond motifs is 2. The summed E-state index contributed by atoms with van der Waals surface area (Å²) in [5, 5.41) is 0. The number of hydrogen-bond acceptors (Lipinski definition) is 4. The van der Waals surface area contributed by atoms with Crippen LogP contribution >= 0.6 is 0 Å². The van der Waals surface area contributed by atoms with Crippen LogP contribution in [0.3, 0.4) is 0 Å². The highest BCUT2D eigenvalue weighted by Crippen LogP contribution is 2.08. The van der Waals surface area contributed by atoms with Gasteiger partial charge in [0.15, 0.2) is 0 Å². The van der Waals surface area contributed by atoms with Crippen molar-refractivity contribution in [3.8, 4) is 5.88 Å². The Bertz CT molecular complexity index is 265. The molecule has 4 nitrogen and oxygen atoms in total. The van der Waals surface area contributed by atoms with E-state index in [1.807, 2.05) is 18.2 Å². The van der Waals surface area contributed by atoms with Crippen LogP contribution in [-0.2, 0) is 16.1 Å². The number of nitrogens with zero attached hydrogens (tertiary/aromatic N) is 1. The van der Waals surface area contributed by atoms with Gasteiger partial charge in [0, 0.05) is 6.07 Å². The molecule has 0 unspecified atom stereocenters. The maximum atomic E-state index is 5.39. The van der Waals surface area contributed by atoms with Gasteiger partial charge in [-0.05, 0) is 6.07 Å². The highest BCUT2D eigenvalue weighted by atomic mass is 16.5. The summed E-state index contributed by atoms with van der Waals surface area (Å²) in [5.74, 6) is 0.636. The predicted octanol–water partition coefficient (Wildman–Crippen LogP) is 1.01. The monoisotopic (exact) mass is 195 g/mol.